The Hall–Kier alpha value is -2.68. The quantitative estimate of drug-likeness (QED) is 0.545. The summed E-state index contributed by atoms with van der Waals surface area (Å²) >= 11 is 4.51. The van der Waals surface area contributed by atoms with E-state index in [0.717, 1.165) is 29.1 Å². The molecule has 1 aromatic heterocycles. The molecule has 0 unspecified atom stereocenters. The molecule has 0 radical (unpaired) electrons. The molecule has 0 spiro atoms. The second-order valence-electron chi connectivity index (χ2n) is 7.55. The first kappa shape index (κ1) is 23.0. The number of benzene rings is 2. The van der Waals surface area contributed by atoms with Gasteiger partial charge in [-0.1, -0.05) is 24.3 Å². The molecule has 2 heterocycles. The average molecular weight is 439 g/mol. The van der Waals surface area contributed by atoms with Gasteiger partial charge in [0, 0.05) is 50.1 Å². The van der Waals surface area contributed by atoms with Crippen LogP contribution in [0.2, 0.25) is 0 Å². The van der Waals surface area contributed by atoms with E-state index in [0.29, 0.717) is 23.1 Å². The van der Waals surface area contributed by atoms with E-state index in [1.54, 1.807) is 11.9 Å². The highest BCUT2D eigenvalue weighted by molar-refractivity contribution is 7.80. The van der Waals surface area contributed by atoms with Crippen LogP contribution in [-0.4, -0.2) is 72.5 Å². The third-order valence-corrected chi connectivity index (χ3v) is 5.68. The van der Waals surface area contributed by atoms with Gasteiger partial charge < -0.3 is 20.9 Å². The third kappa shape index (κ3) is 5.72. The number of likely N-dealkylation sites (N-methyl/N-ethyl adjacent to an activating group) is 1. The minimum Gasteiger partial charge on any atom is -0.368 e. The molecule has 4 rings (SSSR count). The molecule has 2 aromatic carbocycles. The van der Waals surface area contributed by atoms with Crippen LogP contribution in [0.5, 0.6) is 0 Å². The maximum Gasteiger partial charge on any atom is 0.273 e. The maximum atomic E-state index is 12.6. The number of fused-ring (bicyclic) bond motifs is 1. The van der Waals surface area contributed by atoms with E-state index in [1.165, 1.54) is 13.1 Å². The summed E-state index contributed by atoms with van der Waals surface area (Å²) in [4.78, 5) is 25.8. The van der Waals surface area contributed by atoms with Crippen LogP contribution in [0.1, 0.15) is 17.4 Å². The van der Waals surface area contributed by atoms with Crippen molar-refractivity contribution in [1.82, 2.24) is 25.1 Å². The molecular formula is C23H30N6OS. The molecule has 1 fully saturated rings. The van der Waals surface area contributed by atoms with Gasteiger partial charge in [0.1, 0.15) is 5.69 Å². The number of anilines is 1. The predicted octanol–water partition coefficient (Wildman–Crippen LogP) is 2.78. The Morgan fingerprint density at radius 3 is 2.52 bits per heavy atom. The molecule has 3 N–H and O–H groups in total. The Morgan fingerprint density at radius 1 is 1.19 bits per heavy atom. The van der Waals surface area contributed by atoms with Crippen molar-refractivity contribution in [2.24, 2.45) is 0 Å². The molecule has 0 saturated carbocycles. The van der Waals surface area contributed by atoms with E-state index < -0.39 is 0 Å². The molecule has 7 nitrogen and oxygen atoms in total. The topological polar surface area (TPSA) is 87.4 Å². The number of hydrogen-bond donors (Lipinski definition) is 3. The lowest BCUT2D eigenvalue weighted by Crippen LogP contribution is -2.40. The molecule has 1 saturated heterocycles. The largest absolute Gasteiger partial charge is 0.368 e. The van der Waals surface area contributed by atoms with E-state index in [9.17, 15) is 4.79 Å². The summed E-state index contributed by atoms with van der Waals surface area (Å²) in [5.41, 5.74) is 8.68. The van der Waals surface area contributed by atoms with Crippen LogP contribution < -0.4 is 11.1 Å². The lowest BCUT2D eigenvalue weighted by molar-refractivity contribution is 0.0799. The van der Waals surface area contributed by atoms with Crippen molar-refractivity contribution in [3.63, 3.8) is 0 Å². The molecule has 8 heteroatoms. The first-order valence-electron chi connectivity index (χ1n) is 10.4. The number of rotatable bonds is 3. The van der Waals surface area contributed by atoms with E-state index in [4.69, 9.17) is 5.73 Å². The van der Waals surface area contributed by atoms with Crippen LogP contribution in [0.4, 0.5) is 5.95 Å². The molecule has 164 valence electrons. The van der Waals surface area contributed by atoms with Crippen molar-refractivity contribution >= 4 is 35.4 Å². The summed E-state index contributed by atoms with van der Waals surface area (Å²) in [5, 5.41) is 3.96. The summed E-state index contributed by atoms with van der Waals surface area (Å²) in [6.07, 6.45) is 0. The van der Waals surface area contributed by atoms with Gasteiger partial charge in [-0.2, -0.15) is 0 Å². The Balaban J connectivity index is 0.000000330. The zero-order chi connectivity index (χ0) is 22.4. The molecule has 0 aliphatic carbocycles. The van der Waals surface area contributed by atoms with Gasteiger partial charge in [0.05, 0.1) is 5.52 Å². The predicted molar refractivity (Wildman–Crippen MR) is 130 cm³/mol. The van der Waals surface area contributed by atoms with Crippen LogP contribution in [0, 0.1) is 0 Å². The highest BCUT2D eigenvalue weighted by Crippen LogP contribution is 2.30. The second kappa shape index (κ2) is 10.6. The summed E-state index contributed by atoms with van der Waals surface area (Å²) < 4.78 is 0. The zero-order valence-corrected chi connectivity index (χ0v) is 19.2. The summed E-state index contributed by atoms with van der Waals surface area (Å²) in [6.45, 7) is 7.24. The van der Waals surface area contributed by atoms with Gasteiger partial charge in [0.15, 0.2) is 0 Å². The van der Waals surface area contributed by atoms with Gasteiger partial charge in [-0.15, -0.1) is 12.6 Å². The summed E-state index contributed by atoms with van der Waals surface area (Å²) in [7, 11) is 3.89. The number of carbonyl (C=O) groups is 1. The monoisotopic (exact) mass is 438 g/mol. The molecule has 0 bridgehead atoms. The third-order valence-electron chi connectivity index (χ3n) is 5.29. The number of nitrogens with two attached hydrogens (primary N) is 1. The van der Waals surface area contributed by atoms with Crippen molar-refractivity contribution in [2.75, 3.05) is 52.6 Å². The Kier molecular flexibility index (Phi) is 7.84. The van der Waals surface area contributed by atoms with Crippen LogP contribution in [-0.2, 0) is 0 Å². The van der Waals surface area contributed by atoms with Gasteiger partial charge in [-0.05, 0) is 43.3 Å². The van der Waals surface area contributed by atoms with Crippen molar-refractivity contribution in [2.45, 2.75) is 11.8 Å². The highest BCUT2D eigenvalue weighted by atomic mass is 32.1. The molecular weight excluding hydrogens is 408 g/mol. The first-order chi connectivity index (χ1) is 14.9. The van der Waals surface area contributed by atoms with Crippen LogP contribution in [0.15, 0.2) is 47.4 Å². The highest BCUT2D eigenvalue weighted by Gasteiger charge is 2.18. The number of nitrogens with zero attached hydrogens (tertiary/aromatic N) is 4. The van der Waals surface area contributed by atoms with E-state index in [2.05, 4.69) is 39.9 Å². The van der Waals surface area contributed by atoms with Gasteiger partial charge in [-0.3, -0.25) is 4.79 Å². The Labute approximate surface area is 189 Å². The fraction of sp³-hybridized carbons (Fsp3) is 0.348. The number of nitrogen functional groups attached to an aromatic ring is 1. The molecule has 31 heavy (non-hydrogen) atoms. The Bertz CT molecular complexity index is 1050. The van der Waals surface area contributed by atoms with Gasteiger partial charge >= 0.3 is 0 Å². The van der Waals surface area contributed by atoms with Crippen LogP contribution >= 0.6 is 12.6 Å². The minimum atomic E-state index is -0.173. The molecule has 1 aliphatic heterocycles. The van der Waals surface area contributed by atoms with Crippen molar-refractivity contribution in [3.05, 3.63) is 48.2 Å². The summed E-state index contributed by atoms with van der Waals surface area (Å²) in [5.74, 6) is -0.0781. The number of piperazine rings is 1. The molecule has 1 aliphatic rings. The van der Waals surface area contributed by atoms with Crippen molar-refractivity contribution in [1.29, 1.82) is 0 Å². The number of hydrogen-bond acceptors (Lipinski definition) is 7. The number of carbonyl (C=O) groups excluding carboxylic acids is 1. The number of nitrogens with one attached hydrogen (secondary N) is 1. The van der Waals surface area contributed by atoms with Crippen molar-refractivity contribution in [3.8, 4) is 11.1 Å². The standard InChI is InChI=1S/C18H18N4OS.C5H12N2/c1-3-22(2)17(23)16-13-10-11(12-6-4-5-7-15(12)24)8-9-14(13)20-18(19)21-16;1-7-4-2-6-3-5-7/h4-10,24H,3H2,1-2H3,(H2,19,20,21);6H,2-5H2,1H3. The normalized spacial score (nSPS) is 14.1. The summed E-state index contributed by atoms with van der Waals surface area (Å²) in [6, 6.07) is 13.5. The van der Waals surface area contributed by atoms with Gasteiger partial charge in [0.2, 0.25) is 5.95 Å². The van der Waals surface area contributed by atoms with E-state index >= 15 is 0 Å². The fourth-order valence-corrected chi connectivity index (χ4v) is 3.59. The number of thiol groups is 1. The number of aromatic nitrogens is 2. The SMILES string of the molecule is CCN(C)C(=O)c1nc(N)nc2ccc(-c3ccccc3S)cc12.CN1CCNCC1. The van der Waals surface area contributed by atoms with E-state index in [1.807, 2.05) is 49.4 Å². The van der Waals surface area contributed by atoms with Gasteiger partial charge in [0.25, 0.3) is 5.91 Å². The second-order valence-corrected chi connectivity index (χ2v) is 8.03. The lowest BCUT2D eigenvalue weighted by Gasteiger charge is -2.21. The molecule has 1 amide bonds. The zero-order valence-electron chi connectivity index (χ0n) is 18.3. The lowest BCUT2D eigenvalue weighted by atomic mass is 10.0. The maximum absolute atomic E-state index is 12.6. The van der Waals surface area contributed by atoms with Crippen LogP contribution in [0.3, 0.4) is 0 Å². The molecule has 0 atom stereocenters. The molecule has 3 aromatic rings. The number of amides is 1. The van der Waals surface area contributed by atoms with Crippen molar-refractivity contribution < 1.29 is 4.79 Å². The van der Waals surface area contributed by atoms with Crippen LogP contribution in [0.25, 0.3) is 22.0 Å². The average Bonchev–Trinajstić information content (AvgIpc) is 2.78. The van der Waals surface area contributed by atoms with E-state index in [-0.39, 0.29) is 11.9 Å². The Morgan fingerprint density at radius 2 is 1.90 bits per heavy atom. The first-order valence-corrected chi connectivity index (χ1v) is 10.9. The smallest absolute Gasteiger partial charge is 0.273 e. The van der Waals surface area contributed by atoms with Gasteiger partial charge in [-0.25, -0.2) is 9.97 Å². The minimum absolute atomic E-state index is 0.0951. The fourth-order valence-electron chi connectivity index (χ4n) is 3.30.